The number of anilines is 2. The maximum Gasteiger partial charge on any atom is 0.160 e. The summed E-state index contributed by atoms with van der Waals surface area (Å²) in [6, 6.07) is 15.0. The van der Waals surface area contributed by atoms with Crippen LogP contribution in [0.15, 0.2) is 42.6 Å². The number of ether oxygens (including phenoxy) is 3. The summed E-state index contributed by atoms with van der Waals surface area (Å²) in [5.41, 5.74) is 4.96. The molecular weight excluding hydrogens is 536 g/mol. The van der Waals surface area contributed by atoms with E-state index >= 15 is 0 Å². The van der Waals surface area contributed by atoms with Gasteiger partial charge in [0.15, 0.2) is 6.29 Å². The summed E-state index contributed by atoms with van der Waals surface area (Å²) in [7, 11) is 0. The highest BCUT2D eigenvalue weighted by Gasteiger charge is 2.29. The number of nitriles is 1. The van der Waals surface area contributed by atoms with E-state index in [9.17, 15) is 5.26 Å². The first kappa shape index (κ1) is 29.7. The van der Waals surface area contributed by atoms with Crippen molar-refractivity contribution in [3.63, 3.8) is 0 Å². The summed E-state index contributed by atoms with van der Waals surface area (Å²) in [5.74, 6) is 0.448. The van der Waals surface area contributed by atoms with Crippen LogP contribution in [0.25, 0.3) is 10.9 Å². The van der Waals surface area contributed by atoms with Crippen molar-refractivity contribution in [2.24, 2.45) is 5.92 Å². The maximum atomic E-state index is 9.50. The quantitative estimate of drug-likeness (QED) is 0.178. The van der Waals surface area contributed by atoms with Crippen LogP contribution < -0.4 is 9.80 Å². The first-order chi connectivity index (χ1) is 20.1. The van der Waals surface area contributed by atoms with Crippen LogP contribution in [0.5, 0.6) is 0 Å². The monoisotopic (exact) mass is 578 g/mol. The molecule has 1 atom stereocenters. The second kappa shape index (κ2) is 14.4. The molecule has 7 nitrogen and oxygen atoms in total. The molecule has 0 unspecified atom stereocenters. The molecule has 3 heterocycles. The number of nitrogens with one attached hydrogen (secondary N) is 1. The summed E-state index contributed by atoms with van der Waals surface area (Å²) in [4.78, 5) is 8.07. The van der Waals surface area contributed by atoms with E-state index in [0.29, 0.717) is 23.1 Å². The molecule has 8 heteroatoms. The predicted molar refractivity (Wildman–Crippen MR) is 166 cm³/mol. The molecule has 2 aliphatic rings. The van der Waals surface area contributed by atoms with E-state index in [1.165, 1.54) is 11.3 Å². The number of rotatable bonds is 12. The van der Waals surface area contributed by atoms with Gasteiger partial charge in [0, 0.05) is 62.6 Å². The molecule has 0 radical (unpaired) electrons. The van der Waals surface area contributed by atoms with Crippen LogP contribution in [0.4, 0.5) is 11.4 Å². The van der Waals surface area contributed by atoms with Crippen molar-refractivity contribution in [3.05, 3.63) is 58.7 Å². The second-order valence-corrected chi connectivity index (χ2v) is 11.6. The lowest BCUT2D eigenvalue weighted by molar-refractivity contribution is -0.177. The van der Waals surface area contributed by atoms with Gasteiger partial charge in [-0.2, -0.15) is 5.26 Å². The SMILES string of the molecule is CCCCOC(OCCCC)C1CCN(c2ccc([C@@H]3CN(c4ccc(Cl)c5c(C#N)c[nH]c45)CCO3)cc2)CC1. The van der Waals surface area contributed by atoms with E-state index < -0.39 is 0 Å². The van der Waals surface area contributed by atoms with E-state index in [-0.39, 0.29) is 12.4 Å². The molecule has 0 bridgehead atoms. The zero-order valence-electron chi connectivity index (χ0n) is 24.4. The van der Waals surface area contributed by atoms with Crippen LogP contribution >= 0.6 is 11.6 Å². The molecule has 220 valence electrons. The fourth-order valence-corrected chi connectivity index (χ4v) is 6.21. The second-order valence-electron chi connectivity index (χ2n) is 11.2. The smallest absolute Gasteiger partial charge is 0.160 e. The lowest BCUT2D eigenvalue weighted by Gasteiger charge is -2.37. The number of hydrogen-bond acceptors (Lipinski definition) is 6. The number of nitrogens with zero attached hydrogens (tertiary/aromatic N) is 3. The first-order valence-corrected chi connectivity index (χ1v) is 15.6. The van der Waals surface area contributed by atoms with E-state index in [0.717, 1.165) is 94.5 Å². The Hall–Kier alpha value is -2.76. The van der Waals surface area contributed by atoms with Crippen molar-refractivity contribution in [1.29, 1.82) is 5.26 Å². The summed E-state index contributed by atoms with van der Waals surface area (Å²) in [6.45, 7) is 10.1. The third-order valence-electron chi connectivity index (χ3n) is 8.40. The van der Waals surface area contributed by atoms with Crippen molar-refractivity contribution in [2.75, 3.05) is 55.8 Å². The number of piperidine rings is 1. The lowest BCUT2D eigenvalue weighted by atomic mass is 9.95. The fraction of sp³-hybridized carbons (Fsp3) is 0.545. The van der Waals surface area contributed by atoms with Crippen LogP contribution in [0.2, 0.25) is 5.02 Å². The summed E-state index contributed by atoms with van der Waals surface area (Å²) in [6.07, 6.45) is 8.23. The summed E-state index contributed by atoms with van der Waals surface area (Å²) >= 11 is 6.44. The summed E-state index contributed by atoms with van der Waals surface area (Å²) < 4.78 is 18.6. The van der Waals surface area contributed by atoms with Gasteiger partial charge in [-0.05, 0) is 55.5 Å². The molecule has 0 amide bonds. The molecule has 41 heavy (non-hydrogen) atoms. The first-order valence-electron chi connectivity index (χ1n) is 15.3. The predicted octanol–water partition coefficient (Wildman–Crippen LogP) is 7.45. The van der Waals surface area contributed by atoms with Gasteiger partial charge in [-0.3, -0.25) is 0 Å². The number of halogens is 1. The van der Waals surface area contributed by atoms with Crippen molar-refractivity contribution >= 4 is 33.9 Å². The molecule has 1 N–H and O–H groups in total. The largest absolute Gasteiger partial charge is 0.372 e. The van der Waals surface area contributed by atoms with Crippen LogP contribution in [-0.4, -0.2) is 57.3 Å². The number of morpholine rings is 1. The third-order valence-corrected chi connectivity index (χ3v) is 8.72. The number of benzene rings is 2. The molecular formula is C33H43ClN4O3. The van der Waals surface area contributed by atoms with Gasteiger partial charge < -0.3 is 29.0 Å². The number of fused-ring (bicyclic) bond motifs is 1. The van der Waals surface area contributed by atoms with Crippen LogP contribution in [0.3, 0.4) is 0 Å². The topological polar surface area (TPSA) is 73.8 Å². The lowest BCUT2D eigenvalue weighted by Crippen LogP contribution is -2.40. The van der Waals surface area contributed by atoms with Crippen LogP contribution in [0.1, 0.15) is 69.6 Å². The van der Waals surface area contributed by atoms with E-state index in [2.05, 4.69) is 59.0 Å². The third kappa shape index (κ3) is 7.01. The minimum Gasteiger partial charge on any atom is -0.372 e. The Bertz CT molecular complexity index is 1290. The standard InChI is InChI=1S/C33H43ClN4O3/c1-3-5-18-40-33(41-19-6-4-2)25-13-15-37(16-14-25)27-9-7-24(8-10-27)30-23-38(17-20-39-30)29-12-11-28(34)31-26(21-35)22-36-32(29)31/h7-12,22,25,30,33,36H,3-6,13-20,23H2,1-2H3/t30-/m0/s1. The molecule has 2 fully saturated rings. The molecule has 2 aromatic carbocycles. The van der Waals surface area contributed by atoms with Crippen LogP contribution in [-0.2, 0) is 14.2 Å². The molecule has 2 saturated heterocycles. The molecule has 1 aromatic heterocycles. The molecule has 0 saturated carbocycles. The maximum absolute atomic E-state index is 9.50. The van der Waals surface area contributed by atoms with Crippen molar-refractivity contribution < 1.29 is 14.2 Å². The Morgan fingerprint density at radius 3 is 2.37 bits per heavy atom. The van der Waals surface area contributed by atoms with Gasteiger partial charge in [-0.15, -0.1) is 0 Å². The number of aromatic amines is 1. The Kier molecular flexibility index (Phi) is 10.5. The van der Waals surface area contributed by atoms with Crippen LogP contribution in [0, 0.1) is 17.2 Å². The van der Waals surface area contributed by atoms with Gasteiger partial charge in [0.05, 0.1) is 28.4 Å². The average Bonchev–Trinajstić information content (AvgIpc) is 3.46. The minimum absolute atomic E-state index is 0.0269. The average molecular weight is 579 g/mol. The van der Waals surface area contributed by atoms with Gasteiger partial charge >= 0.3 is 0 Å². The Morgan fingerprint density at radius 2 is 1.71 bits per heavy atom. The highest BCUT2D eigenvalue weighted by atomic mass is 35.5. The van der Waals surface area contributed by atoms with Crippen molar-refractivity contribution in [2.45, 2.75) is 64.8 Å². The number of H-pyrrole nitrogens is 1. The zero-order valence-corrected chi connectivity index (χ0v) is 25.2. The molecule has 0 aliphatic carbocycles. The minimum atomic E-state index is -0.0802. The Labute approximate surface area is 249 Å². The van der Waals surface area contributed by atoms with Gasteiger partial charge in [-0.25, -0.2) is 0 Å². The highest BCUT2D eigenvalue weighted by Crippen LogP contribution is 2.36. The Balaban J connectivity index is 1.20. The highest BCUT2D eigenvalue weighted by molar-refractivity contribution is 6.36. The number of hydrogen-bond donors (Lipinski definition) is 1. The van der Waals surface area contributed by atoms with Gasteiger partial charge in [0.25, 0.3) is 0 Å². The van der Waals surface area contributed by atoms with E-state index in [1.54, 1.807) is 6.20 Å². The number of aromatic nitrogens is 1. The normalized spacial score (nSPS) is 18.4. The summed E-state index contributed by atoms with van der Waals surface area (Å²) in [5, 5.41) is 10.9. The number of unbranched alkanes of at least 4 members (excludes halogenated alkanes) is 2. The zero-order chi connectivity index (χ0) is 28.6. The molecule has 0 spiro atoms. The van der Waals surface area contributed by atoms with Gasteiger partial charge in [0.2, 0.25) is 0 Å². The molecule has 5 rings (SSSR count). The van der Waals surface area contributed by atoms with Crippen molar-refractivity contribution in [3.8, 4) is 6.07 Å². The van der Waals surface area contributed by atoms with Gasteiger partial charge in [0.1, 0.15) is 12.2 Å². The Morgan fingerprint density at radius 1 is 1.00 bits per heavy atom. The van der Waals surface area contributed by atoms with E-state index in [4.69, 9.17) is 25.8 Å². The fourth-order valence-electron chi connectivity index (χ4n) is 5.95. The van der Waals surface area contributed by atoms with Gasteiger partial charge in [-0.1, -0.05) is 50.4 Å². The van der Waals surface area contributed by atoms with E-state index in [1.807, 2.05) is 12.1 Å². The molecule has 3 aromatic rings. The molecule has 2 aliphatic heterocycles. The van der Waals surface area contributed by atoms with Crippen molar-refractivity contribution in [1.82, 2.24) is 4.98 Å².